The largest absolute Gasteiger partial charge is 0.316 e. The van der Waals surface area contributed by atoms with E-state index in [1.807, 2.05) is 11.7 Å². The summed E-state index contributed by atoms with van der Waals surface area (Å²) in [6, 6.07) is 2.17. The van der Waals surface area contributed by atoms with E-state index in [4.69, 9.17) is 0 Å². The zero-order valence-corrected chi connectivity index (χ0v) is 11.2. The maximum atomic E-state index is 4.54. The molecule has 1 fully saturated rings. The average molecular weight is 235 g/mol. The van der Waals surface area contributed by atoms with E-state index in [2.05, 4.69) is 29.6 Å². The van der Waals surface area contributed by atoms with Crippen molar-refractivity contribution >= 4 is 0 Å². The normalized spacial score (nSPS) is 18.7. The van der Waals surface area contributed by atoms with Gasteiger partial charge in [-0.25, -0.2) is 0 Å². The SMILES string of the molecule is CCCNCC1(Cc2ccn(C)n2)CCCC1. The average Bonchev–Trinajstić information content (AvgIpc) is 2.90. The van der Waals surface area contributed by atoms with Crippen LogP contribution >= 0.6 is 0 Å². The van der Waals surface area contributed by atoms with Crippen LogP contribution in [0.5, 0.6) is 0 Å². The molecule has 0 saturated heterocycles. The van der Waals surface area contributed by atoms with Crippen molar-refractivity contribution in [1.82, 2.24) is 15.1 Å². The molecule has 1 heterocycles. The Hall–Kier alpha value is -0.830. The summed E-state index contributed by atoms with van der Waals surface area (Å²) in [5, 5.41) is 8.15. The molecule has 0 spiro atoms. The maximum Gasteiger partial charge on any atom is 0.0630 e. The molecule has 1 N–H and O–H groups in total. The molecule has 0 aromatic carbocycles. The summed E-state index contributed by atoms with van der Waals surface area (Å²) in [5.74, 6) is 0. The maximum absolute atomic E-state index is 4.54. The second-order valence-electron chi connectivity index (χ2n) is 5.54. The van der Waals surface area contributed by atoms with E-state index in [0.717, 1.165) is 19.5 Å². The molecule has 0 unspecified atom stereocenters. The van der Waals surface area contributed by atoms with Crippen molar-refractivity contribution in [3.05, 3.63) is 18.0 Å². The lowest BCUT2D eigenvalue weighted by Crippen LogP contribution is -2.34. The zero-order chi connectivity index (χ0) is 12.1. The van der Waals surface area contributed by atoms with Crippen LogP contribution in [0.15, 0.2) is 12.3 Å². The lowest BCUT2D eigenvalue weighted by Gasteiger charge is -2.28. The Bertz CT molecular complexity index is 337. The highest BCUT2D eigenvalue weighted by Crippen LogP contribution is 2.40. The van der Waals surface area contributed by atoms with Crippen LogP contribution in [0.25, 0.3) is 0 Å². The number of hydrogen-bond donors (Lipinski definition) is 1. The summed E-state index contributed by atoms with van der Waals surface area (Å²) >= 11 is 0. The third-order valence-corrected chi connectivity index (χ3v) is 3.92. The molecule has 1 aromatic heterocycles. The van der Waals surface area contributed by atoms with Crippen LogP contribution in [0.1, 0.15) is 44.7 Å². The summed E-state index contributed by atoms with van der Waals surface area (Å²) in [6.07, 6.45) is 9.92. The van der Waals surface area contributed by atoms with Crippen LogP contribution in [0.2, 0.25) is 0 Å². The first-order valence-electron chi connectivity index (χ1n) is 6.93. The van der Waals surface area contributed by atoms with Crippen molar-refractivity contribution in [3.63, 3.8) is 0 Å². The molecule has 17 heavy (non-hydrogen) atoms. The van der Waals surface area contributed by atoms with Crippen molar-refractivity contribution < 1.29 is 0 Å². The number of rotatable bonds is 6. The molecule has 1 aliphatic rings. The van der Waals surface area contributed by atoms with Gasteiger partial charge in [0.1, 0.15) is 0 Å². The molecule has 0 aliphatic heterocycles. The fourth-order valence-electron chi connectivity index (χ4n) is 3.01. The first kappa shape index (κ1) is 12.6. The molecule has 96 valence electrons. The van der Waals surface area contributed by atoms with Gasteiger partial charge in [0, 0.05) is 19.8 Å². The summed E-state index contributed by atoms with van der Waals surface area (Å²) in [7, 11) is 2.00. The summed E-state index contributed by atoms with van der Waals surface area (Å²) in [5.41, 5.74) is 1.73. The van der Waals surface area contributed by atoms with Gasteiger partial charge in [0.05, 0.1) is 5.69 Å². The fraction of sp³-hybridized carbons (Fsp3) is 0.786. The molecule has 0 bridgehead atoms. The van der Waals surface area contributed by atoms with Gasteiger partial charge in [-0.15, -0.1) is 0 Å². The topological polar surface area (TPSA) is 29.9 Å². The van der Waals surface area contributed by atoms with Gasteiger partial charge in [0.15, 0.2) is 0 Å². The van der Waals surface area contributed by atoms with Crippen molar-refractivity contribution in [2.24, 2.45) is 12.5 Å². The molecule has 0 amide bonds. The Morgan fingerprint density at radius 3 is 2.76 bits per heavy atom. The minimum Gasteiger partial charge on any atom is -0.316 e. The minimum atomic E-state index is 0.476. The standard InChI is InChI=1S/C14H25N3/c1-3-9-15-12-14(7-4-5-8-14)11-13-6-10-17(2)16-13/h6,10,15H,3-5,7-9,11-12H2,1-2H3. The smallest absolute Gasteiger partial charge is 0.0630 e. The lowest BCUT2D eigenvalue weighted by molar-refractivity contribution is 0.275. The van der Waals surface area contributed by atoms with Crippen LogP contribution in [0.3, 0.4) is 0 Å². The number of aromatic nitrogens is 2. The predicted octanol–water partition coefficient (Wildman–Crippen LogP) is 2.52. The van der Waals surface area contributed by atoms with Gasteiger partial charge in [-0.2, -0.15) is 5.10 Å². The van der Waals surface area contributed by atoms with Crippen LogP contribution in [0, 0.1) is 5.41 Å². The minimum absolute atomic E-state index is 0.476. The van der Waals surface area contributed by atoms with Gasteiger partial charge < -0.3 is 5.32 Å². The lowest BCUT2D eigenvalue weighted by atomic mass is 9.81. The number of aryl methyl sites for hydroxylation is 1. The van der Waals surface area contributed by atoms with Gasteiger partial charge in [-0.05, 0) is 43.7 Å². The van der Waals surface area contributed by atoms with E-state index in [1.54, 1.807) is 0 Å². The molecule has 1 aliphatic carbocycles. The molecule has 3 nitrogen and oxygen atoms in total. The van der Waals surface area contributed by atoms with Crippen molar-refractivity contribution in [1.29, 1.82) is 0 Å². The number of nitrogens with one attached hydrogen (secondary N) is 1. The van der Waals surface area contributed by atoms with E-state index in [1.165, 1.54) is 37.8 Å². The molecule has 0 radical (unpaired) electrons. The van der Waals surface area contributed by atoms with E-state index in [-0.39, 0.29) is 0 Å². The summed E-state index contributed by atoms with van der Waals surface area (Å²) in [6.45, 7) is 4.54. The molecular weight excluding hydrogens is 210 g/mol. The Kier molecular flexibility index (Phi) is 4.21. The fourth-order valence-corrected chi connectivity index (χ4v) is 3.01. The van der Waals surface area contributed by atoms with E-state index >= 15 is 0 Å². The quantitative estimate of drug-likeness (QED) is 0.768. The molecule has 1 aromatic rings. The third-order valence-electron chi connectivity index (χ3n) is 3.92. The Balaban J connectivity index is 1.96. The zero-order valence-electron chi connectivity index (χ0n) is 11.2. The van der Waals surface area contributed by atoms with Gasteiger partial charge in [0.2, 0.25) is 0 Å². The van der Waals surface area contributed by atoms with E-state index in [0.29, 0.717) is 5.41 Å². The molecule has 0 atom stereocenters. The van der Waals surface area contributed by atoms with Gasteiger partial charge in [0.25, 0.3) is 0 Å². The molecule has 2 rings (SSSR count). The highest BCUT2D eigenvalue weighted by molar-refractivity contribution is 5.05. The Morgan fingerprint density at radius 1 is 1.41 bits per heavy atom. The number of hydrogen-bond acceptors (Lipinski definition) is 2. The monoisotopic (exact) mass is 235 g/mol. The van der Waals surface area contributed by atoms with Crippen LogP contribution in [0.4, 0.5) is 0 Å². The third kappa shape index (κ3) is 3.32. The van der Waals surface area contributed by atoms with Gasteiger partial charge >= 0.3 is 0 Å². The summed E-state index contributed by atoms with van der Waals surface area (Å²) < 4.78 is 1.91. The Labute approximate surface area is 105 Å². The van der Waals surface area contributed by atoms with E-state index in [9.17, 15) is 0 Å². The molecular formula is C14H25N3. The summed E-state index contributed by atoms with van der Waals surface area (Å²) in [4.78, 5) is 0. The van der Waals surface area contributed by atoms with Gasteiger partial charge in [-0.3, -0.25) is 4.68 Å². The van der Waals surface area contributed by atoms with Crippen LogP contribution < -0.4 is 5.32 Å². The van der Waals surface area contributed by atoms with Crippen molar-refractivity contribution in [2.45, 2.75) is 45.4 Å². The van der Waals surface area contributed by atoms with E-state index < -0.39 is 0 Å². The predicted molar refractivity (Wildman–Crippen MR) is 71.0 cm³/mol. The van der Waals surface area contributed by atoms with Crippen molar-refractivity contribution in [2.75, 3.05) is 13.1 Å². The van der Waals surface area contributed by atoms with Crippen LogP contribution in [-0.2, 0) is 13.5 Å². The second-order valence-corrected chi connectivity index (χ2v) is 5.54. The van der Waals surface area contributed by atoms with Crippen molar-refractivity contribution in [3.8, 4) is 0 Å². The molecule has 1 saturated carbocycles. The highest BCUT2D eigenvalue weighted by Gasteiger charge is 2.34. The number of nitrogens with zero attached hydrogens (tertiary/aromatic N) is 2. The second kappa shape index (κ2) is 5.67. The van der Waals surface area contributed by atoms with Gasteiger partial charge in [-0.1, -0.05) is 19.8 Å². The first-order valence-corrected chi connectivity index (χ1v) is 6.93. The van der Waals surface area contributed by atoms with Crippen LogP contribution in [-0.4, -0.2) is 22.9 Å². The highest BCUT2D eigenvalue weighted by atomic mass is 15.2. The molecule has 3 heteroatoms. The Morgan fingerprint density at radius 2 is 2.18 bits per heavy atom. The first-order chi connectivity index (χ1) is 8.24.